The van der Waals surface area contributed by atoms with Crippen LogP contribution in [0.2, 0.25) is 0 Å². The van der Waals surface area contributed by atoms with Crippen LogP contribution in [0.15, 0.2) is 30.3 Å². The Hall–Kier alpha value is -5.15. The Morgan fingerprint density at radius 2 is 0.789 bits per heavy atom. The molecule has 0 radical (unpaired) electrons. The average Bonchev–Trinajstić information content (AvgIpc) is 3.07. The molecule has 316 valence electrons. The van der Waals surface area contributed by atoms with Gasteiger partial charge in [0.25, 0.3) is 0 Å². The topological polar surface area (TPSA) is 274 Å². The van der Waals surface area contributed by atoms with E-state index in [0.29, 0.717) is 0 Å². The minimum atomic E-state index is -5.43. The number of carbonyl (C=O) groups excluding carboxylic acids is 8. The number of para-hydroxylation sites is 1. The highest BCUT2D eigenvalue weighted by Gasteiger charge is 2.58. The van der Waals surface area contributed by atoms with Gasteiger partial charge in [-0.1, -0.05) is 18.2 Å². The van der Waals surface area contributed by atoms with Crippen LogP contribution >= 0.6 is 7.82 Å². The molecule has 57 heavy (non-hydrogen) atoms. The number of esters is 8. The van der Waals surface area contributed by atoms with E-state index in [9.17, 15) is 38.4 Å². The van der Waals surface area contributed by atoms with Gasteiger partial charge >= 0.3 is 55.6 Å². The lowest BCUT2D eigenvalue weighted by Gasteiger charge is -2.45. The molecule has 0 bridgehead atoms. The molecule has 1 aromatic carbocycles. The van der Waals surface area contributed by atoms with Crippen LogP contribution in [0.5, 0.6) is 5.75 Å². The van der Waals surface area contributed by atoms with Gasteiger partial charge in [0.1, 0.15) is 31.2 Å². The molecule has 22 nitrogen and oxygen atoms in total. The molecule has 2 heterocycles. The molecule has 0 amide bonds. The zero-order valence-electron chi connectivity index (χ0n) is 32.0. The second-order valence-electron chi connectivity index (χ2n) is 12.2. The number of benzene rings is 1. The van der Waals surface area contributed by atoms with Gasteiger partial charge < -0.3 is 51.9 Å². The van der Waals surface area contributed by atoms with Crippen LogP contribution in [-0.4, -0.2) is 122 Å². The van der Waals surface area contributed by atoms with Crippen molar-refractivity contribution in [3.63, 3.8) is 0 Å². The van der Waals surface area contributed by atoms with Crippen molar-refractivity contribution in [3.05, 3.63) is 30.3 Å². The van der Waals surface area contributed by atoms with Crippen LogP contribution in [0.25, 0.3) is 0 Å². The lowest BCUT2D eigenvalue weighted by atomic mass is 9.98. The smallest absolute Gasteiger partial charge is 0.463 e. The third kappa shape index (κ3) is 14.4. The molecule has 0 N–H and O–H groups in total. The normalized spacial score (nSPS) is 27.9. The summed E-state index contributed by atoms with van der Waals surface area (Å²) in [5, 5.41) is 0. The number of phosphoric ester groups is 1. The fraction of sp³-hybridized carbons (Fsp3) is 0.588. The Bertz CT molecular complexity index is 1580. The molecule has 2 aliphatic rings. The van der Waals surface area contributed by atoms with Gasteiger partial charge in [-0.15, -0.1) is 0 Å². The first-order valence-corrected chi connectivity index (χ1v) is 18.5. The van der Waals surface area contributed by atoms with Crippen molar-refractivity contribution in [1.82, 2.24) is 0 Å². The summed E-state index contributed by atoms with van der Waals surface area (Å²) >= 11 is 0. The van der Waals surface area contributed by atoms with Gasteiger partial charge in [-0.3, -0.25) is 38.4 Å². The Kier molecular flexibility index (Phi) is 16.9. The highest BCUT2D eigenvalue weighted by Crippen LogP contribution is 2.55. The van der Waals surface area contributed by atoms with Crippen molar-refractivity contribution in [2.45, 2.75) is 117 Å². The standard InChI is InChI=1S/C34H43O22P/c1-16(35)44-14-25-27(46-18(3)37)29(48-20(5)39)31(50-22(7)41)33(52-25)55-57(43,54-24-12-10-9-11-13-24)56-34-32(51-23(8)42)30(49-21(6)40)28(47-19(4)38)26(53-34)15-45-17(2)36/h9-13,25-34H,14-15H2,1-8H3/t25-,26+,27-,28+,29+,30-,31+,32-,33-,34+,57?. The maximum atomic E-state index is 15.0. The third-order valence-corrected chi connectivity index (χ3v) is 8.69. The fourth-order valence-corrected chi connectivity index (χ4v) is 6.84. The molecule has 0 saturated carbocycles. The maximum Gasteiger partial charge on any atom is 0.535 e. The van der Waals surface area contributed by atoms with Crippen LogP contribution in [-0.2, 0) is 99.3 Å². The van der Waals surface area contributed by atoms with E-state index in [-0.39, 0.29) is 5.75 Å². The molecule has 2 fully saturated rings. The van der Waals surface area contributed by atoms with E-state index < -0.39 is 130 Å². The molecule has 1 aromatic rings. The molecule has 1 unspecified atom stereocenters. The molecule has 3 rings (SSSR count). The largest absolute Gasteiger partial charge is 0.535 e. The summed E-state index contributed by atoms with van der Waals surface area (Å²) in [4.78, 5) is 97.7. The Labute approximate surface area is 325 Å². The molecule has 2 aliphatic heterocycles. The molecular weight excluding hydrogens is 791 g/mol. The summed E-state index contributed by atoms with van der Waals surface area (Å²) in [7, 11) is -5.43. The second kappa shape index (κ2) is 20.8. The summed E-state index contributed by atoms with van der Waals surface area (Å²) in [5.41, 5.74) is 0. The van der Waals surface area contributed by atoms with Crippen molar-refractivity contribution in [1.29, 1.82) is 0 Å². The van der Waals surface area contributed by atoms with Crippen molar-refractivity contribution in [3.8, 4) is 5.75 Å². The minimum absolute atomic E-state index is 0.197. The summed E-state index contributed by atoms with van der Waals surface area (Å²) in [5.74, 6) is -7.75. The van der Waals surface area contributed by atoms with Crippen molar-refractivity contribution in [2.24, 2.45) is 0 Å². The van der Waals surface area contributed by atoms with E-state index in [4.69, 9.17) is 60.9 Å². The van der Waals surface area contributed by atoms with Gasteiger partial charge in [0.2, 0.25) is 12.6 Å². The maximum absolute atomic E-state index is 15.0. The lowest BCUT2D eigenvalue weighted by Crippen LogP contribution is -2.63. The highest BCUT2D eigenvalue weighted by atomic mass is 31.2. The van der Waals surface area contributed by atoms with Crippen molar-refractivity contribution >= 4 is 55.6 Å². The predicted octanol–water partition coefficient (Wildman–Crippen LogP) is 1.37. The van der Waals surface area contributed by atoms with Crippen LogP contribution < -0.4 is 4.52 Å². The minimum Gasteiger partial charge on any atom is -0.463 e. The Balaban J connectivity index is 2.23. The third-order valence-electron chi connectivity index (χ3n) is 7.32. The lowest BCUT2D eigenvalue weighted by molar-refractivity contribution is -0.303. The molecule has 0 spiro atoms. The Morgan fingerprint density at radius 1 is 0.474 bits per heavy atom. The van der Waals surface area contributed by atoms with E-state index in [1.807, 2.05) is 0 Å². The number of phosphoric acid groups is 1. The number of carbonyl (C=O) groups is 8. The first-order valence-electron chi connectivity index (χ1n) is 17.0. The van der Waals surface area contributed by atoms with E-state index in [1.54, 1.807) is 6.07 Å². The summed E-state index contributed by atoms with van der Waals surface area (Å²) in [6, 6.07) is 7.10. The fourth-order valence-electron chi connectivity index (χ4n) is 5.48. The molecule has 11 atom stereocenters. The first-order chi connectivity index (χ1) is 26.7. The van der Waals surface area contributed by atoms with Crippen molar-refractivity contribution in [2.75, 3.05) is 13.2 Å². The molecule has 2 saturated heterocycles. The quantitative estimate of drug-likeness (QED) is 0.129. The van der Waals surface area contributed by atoms with Gasteiger partial charge in [0.05, 0.1) is 0 Å². The van der Waals surface area contributed by atoms with E-state index in [2.05, 4.69) is 0 Å². The summed E-state index contributed by atoms with van der Waals surface area (Å²) in [6.07, 6.45) is -18.2. The van der Waals surface area contributed by atoms with Crippen LogP contribution in [0.4, 0.5) is 0 Å². The molecular formula is C34H43O22P. The van der Waals surface area contributed by atoms with Gasteiger partial charge in [0, 0.05) is 55.4 Å². The van der Waals surface area contributed by atoms with Gasteiger partial charge in [-0.25, -0.2) is 13.6 Å². The monoisotopic (exact) mass is 834 g/mol. The van der Waals surface area contributed by atoms with Crippen LogP contribution in [0, 0.1) is 0 Å². The Morgan fingerprint density at radius 3 is 1.11 bits per heavy atom. The van der Waals surface area contributed by atoms with Crippen LogP contribution in [0.1, 0.15) is 55.4 Å². The molecule has 23 heteroatoms. The van der Waals surface area contributed by atoms with Crippen LogP contribution in [0.3, 0.4) is 0 Å². The second-order valence-corrected chi connectivity index (χ2v) is 13.7. The zero-order valence-corrected chi connectivity index (χ0v) is 32.9. The summed E-state index contributed by atoms with van der Waals surface area (Å²) in [6.45, 7) is 6.55. The van der Waals surface area contributed by atoms with Gasteiger partial charge in [-0.2, -0.15) is 0 Å². The predicted molar refractivity (Wildman–Crippen MR) is 181 cm³/mol. The number of hydrogen-bond donors (Lipinski definition) is 0. The molecule has 0 aliphatic carbocycles. The molecule has 0 aromatic heterocycles. The van der Waals surface area contributed by atoms with Gasteiger partial charge in [0.15, 0.2) is 36.6 Å². The van der Waals surface area contributed by atoms with Gasteiger partial charge in [-0.05, 0) is 12.1 Å². The first kappa shape index (κ1) is 46.2. The van der Waals surface area contributed by atoms with E-state index >= 15 is 4.57 Å². The zero-order chi connectivity index (χ0) is 42.6. The summed E-state index contributed by atoms with van der Waals surface area (Å²) < 4.78 is 86.7. The number of hydrogen-bond acceptors (Lipinski definition) is 22. The number of ether oxygens (including phenoxy) is 10. The van der Waals surface area contributed by atoms with Crippen molar-refractivity contribution < 1.29 is 104 Å². The van der Waals surface area contributed by atoms with E-state index in [1.165, 1.54) is 24.3 Å². The highest BCUT2D eigenvalue weighted by molar-refractivity contribution is 7.49. The average molecular weight is 835 g/mol. The SMILES string of the molecule is CC(=O)OC[C@@H]1O[C@@H](OP(=O)(Oc2ccccc2)O[C@H]2O[C@H](COC(C)=O)[C@@H](OC(C)=O)[C@H](OC(C)=O)[C@@H]2OC(C)=O)[C@H](OC(C)=O)[C@H](OC(C)=O)[C@H]1OC(C)=O. The number of rotatable bonds is 16. The van der Waals surface area contributed by atoms with E-state index in [0.717, 1.165) is 55.4 Å².